The first-order valence-corrected chi connectivity index (χ1v) is 9.02. The van der Waals surface area contributed by atoms with Crippen molar-refractivity contribution in [1.82, 2.24) is 0 Å². The lowest BCUT2D eigenvalue weighted by molar-refractivity contribution is -0.108. The Morgan fingerprint density at radius 1 is 1.12 bits per heavy atom. The molecule has 0 bridgehead atoms. The molecule has 2 aromatic carbocycles. The molecule has 0 spiro atoms. The highest BCUT2D eigenvalue weighted by Gasteiger charge is 2.41. The third-order valence-electron chi connectivity index (χ3n) is 5.54. The number of ether oxygens (including phenoxy) is 1. The van der Waals surface area contributed by atoms with Crippen molar-refractivity contribution in [3.05, 3.63) is 65.2 Å². The van der Waals surface area contributed by atoms with Crippen molar-refractivity contribution >= 4 is 6.29 Å². The zero-order valence-corrected chi connectivity index (χ0v) is 14.2. The second-order valence-corrected chi connectivity index (χ2v) is 7.31. The predicted molar refractivity (Wildman–Crippen MR) is 95.3 cm³/mol. The van der Waals surface area contributed by atoms with Crippen molar-refractivity contribution in [2.24, 2.45) is 11.8 Å². The maximum atomic E-state index is 11.1. The quantitative estimate of drug-likeness (QED) is 0.665. The van der Waals surface area contributed by atoms with Gasteiger partial charge in [-0.25, -0.2) is 0 Å². The molecule has 0 N–H and O–H groups in total. The molecule has 3 atom stereocenters. The Bertz CT molecular complexity index is 718. The maximum Gasteiger partial charge on any atom is 0.126 e. The molecule has 2 heteroatoms. The highest BCUT2D eigenvalue weighted by Crippen LogP contribution is 2.52. The molecule has 3 unspecified atom stereocenters. The number of carbonyl (C=O) groups is 1. The van der Waals surface area contributed by atoms with E-state index in [1.54, 1.807) is 0 Å². The summed E-state index contributed by atoms with van der Waals surface area (Å²) in [6.45, 7) is 2.90. The molecule has 2 saturated carbocycles. The van der Waals surface area contributed by atoms with Crippen LogP contribution in [0.2, 0.25) is 0 Å². The van der Waals surface area contributed by atoms with Gasteiger partial charge in [-0.15, -0.1) is 0 Å². The number of benzene rings is 2. The topological polar surface area (TPSA) is 26.3 Å². The molecule has 124 valence electrons. The lowest BCUT2D eigenvalue weighted by atomic mass is 9.92. The van der Waals surface area contributed by atoms with Gasteiger partial charge in [0.15, 0.2) is 0 Å². The Labute approximate surface area is 143 Å². The second-order valence-electron chi connectivity index (χ2n) is 7.31. The summed E-state index contributed by atoms with van der Waals surface area (Å²) in [7, 11) is 0. The van der Waals surface area contributed by atoms with Crippen molar-refractivity contribution < 1.29 is 9.53 Å². The van der Waals surface area contributed by atoms with E-state index >= 15 is 0 Å². The van der Waals surface area contributed by atoms with Crippen molar-refractivity contribution in [2.45, 2.75) is 44.6 Å². The molecule has 2 aliphatic carbocycles. The van der Waals surface area contributed by atoms with Gasteiger partial charge in [0, 0.05) is 5.92 Å². The predicted octanol–water partition coefficient (Wildman–Crippen LogP) is 5.08. The van der Waals surface area contributed by atoms with Crippen LogP contribution in [0.4, 0.5) is 0 Å². The lowest BCUT2D eigenvalue weighted by Gasteiger charge is -2.20. The summed E-state index contributed by atoms with van der Waals surface area (Å²) in [6, 6.07) is 16.8. The molecular formula is C22H24O2. The molecule has 4 rings (SSSR count). The maximum absolute atomic E-state index is 11.1. The van der Waals surface area contributed by atoms with Gasteiger partial charge < -0.3 is 9.53 Å². The third-order valence-corrected chi connectivity index (χ3v) is 5.54. The average Bonchev–Trinajstić information content (AvgIpc) is 3.53. The zero-order chi connectivity index (χ0) is 16.5. The summed E-state index contributed by atoms with van der Waals surface area (Å²) < 4.78 is 6.33. The summed E-state index contributed by atoms with van der Waals surface area (Å²) in [5.41, 5.74) is 3.73. The number of rotatable bonds is 7. The molecule has 0 aromatic heterocycles. The Morgan fingerprint density at radius 3 is 2.58 bits per heavy atom. The average molecular weight is 320 g/mol. The Morgan fingerprint density at radius 2 is 1.92 bits per heavy atom. The highest BCUT2D eigenvalue weighted by molar-refractivity contribution is 5.63. The van der Waals surface area contributed by atoms with E-state index in [9.17, 15) is 4.79 Å². The number of hydrogen-bond acceptors (Lipinski definition) is 2. The fourth-order valence-electron chi connectivity index (χ4n) is 3.69. The Balaban J connectivity index is 1.63. The van der Waals surface area contributed by atoms with Crippen LogP contribution in [0, 0.1) is 11.8 Å². The minimum Gasteiger partial charge on any atom is -0.488 e. The summed E-state index contributed by atoms with van der Waals surface area (Å²) in [5.74, 6) is 2.88. The number of para-hydroxylation sites is 1. The van der Waals surface area contributed by atoms with E-state index in [0.29, 0.717) is 18.4 Å². The van der Waals surface area contributed by atoms with Crippen LogP contribution in [0.25, 0.3) is 0 Å². The normalized spacial score (nSPS) is 23.5. The molecule has 0 aliphatic heterocycles. The first-order chi connectivity index (χ1) is 11.8. The van der Waals surface area contributed by atoms with Gasteiger partial charge in [-0.1, -0.05) is 55.5 Å². The smallest absolute Gasteiger partial charge is 0.126 e. The van der Waals surface area contributed by atoms with Crippen LogP contribution in [-0.4, -0.2) is 6.29 Å². The van der Waals surface area contributed by atoms with E-state index in [-0.39, 0.29) is 5.92 Å². The summed E-state index contributed by atoms with van der Waals surface area (Å²) in [5, 5.41) is 0. The van der Waals surface area contributed by atoms with Crippen LogP contribution >= 0.6 is 0 Å². The summed E-state index contributed by atoms with van der Waals surface area (Å²) >= 11 is 0. The van der Waals surface area contributed by atoms with Crippen molar-refractivity contribution in [3.63, 3.8) is 0 Å². The van der Waals surface area contributed by atoms with Gasteiger partial charge in [0.2, 0.25) is 0 Å². The molecule has 0 heterocycles. The fraction of sp³-hybridized carbons (Fsp3) is 0.409. The van der Waals surface area contributed by atoms with E-state index in [1.807, 2.05) is 18.2 Å². The first-order valence-electron chi connectivity index (χ1n) is 9.02. The van der Waals surface area contributed by atoms with Gasteiger partial charge in [0.25, 0.3) is 0 Å². The third kappa shape index (κ3) is 3.10. The van der Waals surface area contributed by atoms with Crippen LogP contribution in [-0.2, 0) is 11.4 Å². The summed E-state index contributed by atoms with van der Waals surface area (Å²) in [6.07, 6.45) is 4.71. The molecule has 2 fully saturated rings. The largest absolute Gasteiger partial charge is 0.488 e. The number of aldehydes is 1. The minimum absolute atomic E-state index is 0.176. The molecule has 2 nitrogen and oxygen atoms in total. The Hall–Kier alpha value is -2.09. The van der Waals surface area contributed by atoms with Gasteiger partial charge in [-0.2, -0.15) is 0 Å². The molecule has 0 radical (unpaired) electrons. The van der Waals surface area contributed by atoms with Crippen LogP contribution in [0.15, 0.2) is 48.5 Å². The van der Waals surface area contributed by atoms with Crippen molar-refractivity contribution in [3.8, 4) is 5.75 Å². The number of carbonyl (C=O) groups excluding carboxylic acids is 1. The van der Waals surface area contributed by atoms with Gasteiger partial charge >= 0.3 is 0 Å². The van der Waals surface area contributed by atoms with Gasteiger partial charge in [0.05, 0.1) is 0 Å². The van der Waals surface area contributed by atoms with Gasteiger partial charge in [0.1, 0.15) is 18.6 Å². The summed E-state index contributed by atoms with van der Waals surface area (Å²) in [4.78, 5) is 11.1. The molecule has 2 aromatic rings. The molecular weight excluding hydrogens is 296 g/mol. The Kier molecular flexibility index (Phi) is 4.13. The molecule has 2 aliphatic rings. The van der Waals surface area contributed by atoms with Crippen molar-refractivity contribution in [2.75, 3.05) is 0 Å². The lowest BCUT2D eigenvalue weighted by Crippen LogP contribution is -2.05. The fourth-order valence-corrected chi connectivity index (χ4v) is 3.69. The van der Waals surface area contributed by atoms with Gasteiger partial charge in [-0.05, 0) is 53.7 Å². The van der Waals surface area contributed by atoms with Gasteiger partial charge in [-0.3, -0.25) is 0 Å². The monoisotopic (exact) mass is 320 g/mol. The second kappa shape index (κ2) is 6.43. The van der Waals surface area contributed by atoms with E-state index in [0.717, 1.165) is 24.4 Å². The standard InChI is InChI=1S/C22H24O2/c1-15(17-10-11-17)19-8-5-9-20(21-12-18(21)13-23)22(19)24-14-16-6-3-2-4-7-16/h2-9,13,15,17-18,21H,10-12,14H2,1H3. The molecule has 0 saturated heterocycles. The van der Waals surface area contributed by atoms with E-state index in [2.05, 4.69) is 37.3 Å². The zero-order valence-electron chi connectivity index (χ0n) is 14.2. The van der Waals surface area contributed by atoms with E-state index < -0.39 is 0 Å². The first kappa shape index (κ1) is 15.4. The van der Waals surface area contributed by atoms with Crippen LogP contribution in [0.1, 0.15) is 54.7 Å². The van der Waals surface area contributed by atoms with Crippen molar-refractivity contribution in [1.29, 1.82) is 0 Å². The minimum atomic E-state index is 0.176. The van der Waals surface area contributed by atoms with E-state index in [4.69, 9.17) is 4.74 Å². The number of hydrogen-bond donors (Lipinski definition) is 0. The van der Waals surface area contributed by atoms with E-state index in [1.165, 1.54) is 29.5 Å². The molecule has 24 heavy (non-hydrogen) atoms. The highest BCUT2D eigenvalue weighted by atomic mass is 16.5. The van der Waals surface area contributed by atoms with Crippen LogP contribution < -0.4 is 4.74 Å². The SMILES string of the molecule is CC(c1cccc(C2CC2C=O)c1OCc1ccccc1)C1CC1. The van der Waals surface area contributed by atoms with Crippen LogP contribution in [0.5, 0.6) is 5.75 Å². The molecule has 0 amide bonds. The van der Waals surface area contributed by atoms with Crippen LogP contribution in [0.3, 0.4) is 0 Å².